The Morgan fingerprint density at radius 2 is 2.44 bits per heavy atom. The van der Waals surface area contributed by atoms with E-state index in [0.29, 0.717) is 0 Å². The molecule has 1 heterocycles. The summed E-state index contributed by atoms with van der Waals surface area (Å²) in [6.45, 7) is 2.86. The molecule has 0 aliphatic carbocycles. The first-order chi connectivity index (χ1) is 4.25. The van der Waals surface area contributed by atoms with Crippen LogP contribution < -0.4 is 0 Å². The molecule has 4 heteroatoms. The van der Waals surface area contributed by atoms with Crippen LogP contribution >= 0.6 is 12.2 Å². The second kappa shape index (κ2) is 2.31. The predicted molar refractivity (Wildman–Crippen MR) is 37.7 cm³/mol. The van der Waals surface area contributed by atoms with Gasteiger partial charge in [0.15, 0.2) is 4.77 Å². The first-order valence-corrected chi connectivity index (χ1v) is 3.25. The van der Waals surface area contributed by atoms with Gasteiger partial charge in [-0.3, -0.25) is 0 Å². The van der Waals surface area contributed by atoms with Gasteiger partial charge in [0.2, 0.25) is 0 Å². The van der Waals surface area contributed by atoms with E-state index in [9.17, 15) is 0 Å². The molecule has 0 amide bonds. The van der Waals surface area contributed by atoms with Crippen LogP contribution in [0.2, 0.25) is 0 Å². The molecule has 0 spiro atoms. The molecule has 0 aliphatic heterocycles. The Labute approximate surface area is 58.9 Å². The smallest absolute Gasteiger partial charge is 0.197 e. The van der Waals surface area contributed by atoms with Crippen molar-refractivity contribution in [3.8, 4) is 0 Å². The average molecular weight is 143 g/mol. The van der Waals surface area contributed by atoms with E-state index in [1.807, 2.05) is 18.5 Å². The van der Waals surface area contributed by atoms with E-state index in [0.717, 1.165) is 11.3 Å². The molecule has 50 valence electrons. The van der Waals surface area contributed by atoms with Gasteiger partial charge in [0.1, 0.15) is 6.33 Å². The van der Waals surface area contributed by atoms with E-state index in [1.165, 1.54) is 0 Å². The fraction of sp³-hybridized carbons (Fsp3) is 0.600. The number of rotatable bonds is 1. The maximum atomic E-state index is 4.99. The van der Waals surface area contributed by atoms with Crippen LogP contribution in [0.3, 0.4) is 0 Å². The Kier molecular flexibility index (Phi) is 1.66. The highest BCUT2D eigenvalue weighted by molar-refractivity contribution is 7.71. The molecular formula is C5H9N3S. The van der Waals surface area contributed by atoms with Gasteiger partial charge in [0.25, 0.3) is 0 Å². The van der Waals surface area contributed by atoms with Crippen molar-refractivity contribution in [1.82, 2.24) is 14.3 Å². The Bertz CT molecular complexity index is 247. The van der Waals surface area contributed by atoms with Gasteiger partial charge in [-0.05, 0) is 19.1 Å². The van der Waals surface area contributed by atoms with Crippen LogP contribution in [0.5, 0.6) is 0 Å². The van der Waals surface area contributed by atoms with E-state index < -0.39 is 0 Å². The highest BCUT2D eigenvalue weighted by atomic mass is 32.1. The Balaban J connectivity index is 3.20. The lowest BCUT2D eigenvalue weighted by molar-refractivity contribution is 0.642. The zero-order valence-electron chi connectivity index (χ0n) is 5.53. The molecule has 1 aromatic heterocycles. The third kappa shape index (κ3) is 1.03. The summed E-state index contributed by atoms with van der Waals surface area (Å²) >= 11 is 4.99. The standard InChI is InChI=1S/C5H9N3S/c1-3-8-5(9)7(2)4-6-8/h4H,3H2,1-2H3. The summed E-state index contributed by atoms with van der Waals surface area (Å²) in [5.74, 6) is 0. The van der Waals surface area contributed by atoms with Crippen LogP contribution in [-0.2, 0) is 13.6 Å². The normalized spacial score (nSPS) is 10.0. The molecule has 3 nitrogen and oxygen atoms in total. The number of hydrogen-bond acceptors (Lipinski definition) is 2. The largest absolute Gasteiger partial charge is 0.310 e. The minimum atomic E-state index is 0.775. The van der Waals surface area contributed by atoms with Gasteiger partial charge < -0.3 is 4.57 Å². The van der Waals surface area contributed by atoms with Crippen molar-refractivity contribution in [3.63, 3.8) is 0 Å². The van der Waals surface area contributed by atoms with Gasteiger partial charge in [-0.15, -0.1) is 0 Å². The number of aromatic nitrogens is 3. The number of aryl methyl sites for hydroxylation is 2. The van der Waals surface area contributed by atoms with Crippen LogP contribution in [0.25, 0.3) is 0 Å². The second-order valence-corrected chi connectivity index (χ2v) is 2.21. The maximum absolute atomic E-state index is 4.99. The fourth-order valence-electron chi connectivity index (χ4n) is 0.638. The molecule has 1 rings (SSSR count). The lowest BCUT2D eigenvalue weighted by Crippen LogP contribution is -1.96. The third-order valence-corrected chi connectivity index (χ3v) is 1.69. The molecule has 0 saturated carbocycles. The van der Waals surface area contributed by atoms with Gasteiger partial charge in [-0.2, -0.15) is 5.10 Å². The summed E-state index contributed by atoms with van der Waals surface area (Å²) in [6, 6.07) is 0. The third-order valence-electron chi connectivity index (χ3n) is 1.19. The maximum Gasteiger partial charge on any atom is 0.197 e. The van der Waals surface area contributed by atoms with Crippen LogP contribution in [0.1, 0.15) is 6.92 Å². The van der Waals surface area contributed by atoms with Gasteiger partial charge in [-0.1, -0.05) is 0 Å². The van der Waals surface area contributed by atoms with Crippen LogP contribution in [0.4, 0.5) is 0 Å². The molecule has 0 bridgehead atoms. The van der Waals surface area contributed by atoms with E-state index in [1.54, 1.807) is 11.0 Å². The topological polar surface area (TPSA) is 22.8 Å². The molecule has 0 radical (unpaired) electrons. The molecule has 0 saturated heterocycles. The quantitative estimate of drug-likeness (QED) is 0.547. The summed E-state index contributed by atoms with van der Waals surface area (Å²) in [5.41, 5.74) is 0. The zero-order valence-corrected chi connectivity index (χ0v) is 6.35. The summed E-state index contributed by atoms with van der Waals surface area (Å²) in [6.07, 6.45) is 1.71. The highest BCUT2D eigenvalue weighted by Crippen LogP contribution is 1.87. The molecule has 0 N–H and O–H groups in total. The Hall–Kier alpha value is -0.640. The summed E-state index contributed by atoms with van der Waals surface area (Å²) < 4.78 is 4.37. The van der Waals surface area contributed by atoms with Crippen molar-refractivity contribution < 1.29 is 0 Å². The van der Waals surface area contributed by atoms with Crippen LogP contribution in [0, 0.1) is 4.77 Å². The van der Waals surface area contributed by atoms with Crippen LogP contribution in [0.15, 0.2) is 6.33 Å². The van der Waals surface area contributed by atoms with Crippen molar-refractivity contribution in [2.45, 2.75) is 13.5 Å². The average Bonchev–Trinajstić information content (AvgIpc) is 2.15. The molecule has 1 aromatic rings. The van der Waals surface area contributed by atoms with Crippen molar-refractivity contribution in [2.24, 2.45) is 7.05 Å². The number of hydrogen-bond donors (Lipinski definition) is 0. The van der Waals surface area contributed by atoms with E-state index in [4.69, 9.17) is 12.2 Å². The zero-order chi connectivity index (χ0) is 6.85. The molecule has 9 heavy (non-hydrogen) atoms. The van der Waals surface area contributed by atoms with Gasteiger partial charge in [-0.25, -0.2) is 4.68 Å². The van der Waals surface area contributed by atoms with E-state index >= 15 is 0 Å². The Morgan fingerprint density at radius 3 is 2.67 bits per heavy atom. The lowest BCUT2D eigenvalue weighted by atomic mass is 10.8. The van der Waals surface area contributed by atoms with Gasteiger partial charge >= 0.3 is 0 Å². The van der Waals surface area contributed by atoms with Gasteiger partial charge in [0.05, 0.1) is 0 Å². The summed E-state index contributed by atoms with van der Waals surface area (Å²) in [4.78, 5) is 0. The minimum Gasteiger partial charge on any atom is -0.310 e. The summed E-state index contributed by atoms with van der Waals surface area (Å²) in [7, 11) is 1.89. The predicted octanol–water partition coefficient (Wildman–Crippen LogP) is 0.971. The molecule has 0 fully saturated rings. The first kappa shape index (κ1) is 6.48. The monoisotopic (exact) mass is 143 g/mol. The van der Waals surface area contributed by atoms with Crippen molar-refractivity contribution in [3.05, 3.63) is 11.1 Å². The van der Waals surface area contributed by atoms with E-state index in [-0.39, 0.29) is 0 Å². The first-order valence-electron chi connectivity index (χ1n) is 2.84. The molecule has 0 aromatic carbocycles. The summed E-state index contributed by atoms with van der Waals surface area (Å²) in [5, 5.41) is 4.01. The van der Waals surface area contributed by atoms with Crippen molar-refractivity contribution in [1.29, 1.82) is 0 Å². The minimum absolute atomic E-state index is 0.775. The van der Waals surface area contributed by atoms with Gasteiger partial charge in [0, 0.05) is 13.6 Å². The lowest BCUT2D eigenvalue weighted by Gasteiger charge is -1.90. The number of nitrogens with zero attached hydrogens (tertiary/aromatic N) is 3. The van der Waals surface area contributed by atoms with E-state index in [2.05, 4.69) is 5.10 Å². The SMILES string of the molecule is CCn1ncn(C)c1=S. The van der Waals surface area contributed by atoms with Crippen molar-refractivity contribution >= 4 is 12.2 Å². The second-order valence-electron chi connectivity index (χ2n) is 1.84. The Morgan fingerprint density at radius 1 is 1.78 bits per heavy atom. The van der Waals surface area contributed by atoms with Crippen molar-refractivity contribution in [2.75, 3.05) is 0 Å². The molecule has 0 unspecified atom stereocenters. The van der Waals surface area contributed by atoms with Crippen LogP contribution in [-0.4, -0.2) is 14.3 Å². The molecule has 0 aliphatic rings. The molecule has 0 atom stereocenters. The molecular weight excluding hydrogens is 134 g/mol. The fourth-order valence-corrected chi connectivity index (χ4v) is 0.861. The highest BCUT2D eigenvalue weighted by Gasteiger charge is 1.91.